The summed E-state index contributed by atoms with van der Waals surface area (Å²) in [5.74, 6) is -0.258. The van der Waals surface area contributed by atoms with Crippen LogP contribution >= 0.6 is 0 Å². The average Bonchev–Trinajstić information content (AvgIpc) is 3.14. The molecule has 8 nitrogen and oxygen atoms in total. The zero-order valence-electron chi connectivity index (χ0n) is 26.4. The summed E-state index contributed by atoms with van der Waals surface area (Å²) >= 11 is 0. The van der Waals surface area contributed by atoms with Gasteiger partial charge < -0.3 is 24.8 Å². The van der Waals surface area contributed by atoms with E-state index in [1.807, 2.05) is 48.5 Å². The molecule has 0 spiro atoms. The Bertz CT molecular complexity index is 1800. The van der Waals surface area contributed by atoms with Crippen LogP contribution in [0.4, 0.5) is 0 Å². The van der Waals surface area contributed by atoms with Crippen LogP contribution in [0.5, 0.6) is 0 Å². The quantitative estimate of drug-likeness (QED) is 0.186. The molecule has 8 heteroatoms. The number of hydrogen-bond donors (Lipinski definition) is 2. The van der Waals surface area contributed by atoms with Gasteiger partial charge in [0.15, 0.2) is 6.29 Å². The summed E-state index contributed by atoms with van der Waals surface area (Å²) < 4.78 is 13.2. The molecular formula is C39H40N4O4. The molecule has 2 aliphatic rings. The summed E-state index contributed by atoms with van der Waals surface area (Å²) in [6.45, 7) is 3.55. The van der Waals surface area contributed by atoms with E-state index >= 15 is 0 Å². The number of para-hydroxylation sites is 2. The third-order valence-electron chi connectivity index (χ3n) is 9.10. The highest BCUT2D eigenvalue weighted by molar-refractivity contribution is 5.93. The zero-order valence-corrected chi connectivity index (χ0v) is 26.4. The molecule has 1 amide bonds. The Morgan fingerprint density at radius 1 is 0.809 bits per heavy atom. The number of ether oxygens (including phenoxy) is 2. The van der Waals surface area contributed by atoms with Gasteiger partial charge in [0.05, 0.1) is 36.0 Å². The van der Waals surface area contributed by atoms with Crippen LogP contribution in [0.25, 0.3) is 22.2 Å². The lowest BCUT2D eigenvalue weighted by atomic mass is 9.98. The third-order valence-corrected chi connectivity index (χ3v) is 9.10. The highest BCUT2D eigenvalue weighted by Gasteiger charge is 2.33. The zero-order chi connectivity index (χ0) is 32.0. The van der Waals surface area contributed by atoms with E-state index in [1.54, 1.807) is 0 Å². The molecule has 3 atom stereocenters. The van der Waals surface area contributed by atoms with Gasteiger partial charge >= 0.3 is 0 Å². The summed E-state index contributed by atoms with van der Waals surface area (Å²) in [6, 6.07) is 32.1. The van der Waals surface area contributed by atoms with Crippen molar-refractivity contribution in [2.24, 2.45) is 0 Å². The maximum atomic E-state index is 12.8. The summed E-state index contributed by atoms with van der Waals surface area (Å²) in [6.07, 6.45) is 5.58. The Kier molecular flexibility index (Phi) is 9.63. The number of nitrogens with zero attached hydrogens (tertiary/aromatic N) is 3. The molecule has 0 aliphatic carbocycles. The Hall–Kier alpha value is -4.47. The number of aliphatic hydroxyl groups is 1. The van der Waals surface area contributed by atoms with Crippen LogP contribution in [0, 0.1) is 0 Å². The number of carbonyl (C=O) groups excluding carboxylic acids is 1. The predicted molar refractivity (Wildman–Crippen MR) is 181 cm³/mol. The molecule has 3 heterocycles. The van der Waals surface area contributed by atoms with E-state index in [9.17, 15) is 9.90 Å². The van der Waals surface area contributed by atoms with Gasteiger partial charge in [0.25, 0.3) is 5.91 Å². The summed E-state index contributed by atoms with van der Waals surface area (Å²) in [5, 5.41) is 12.5. The van der Waals surface area contributed by atoms with Gasteiger partial charge in [0.1, 0.15) is 5.69 Å². The molecular weight excluding hydrogens is 588 g/mol. The van der Waals surface area contributed by atoms with Gasteiger partial charge in [-0.3, -0.25) is 9.78 Å². The van der Waals surface area contributed by atoms with Crippen LogP contribution in [0.15, 0.2) is 103 Å². The minimum Gasteiger partial charge on any atom is -0.392 e. The van der Waals surface area contributed by atoms with E-state index in [0.717, 1.165) is 65.0 Å². The van der Waals surface area contributed by atoms with E-state index in [2.05, 4.69) is 68.7 Å². The van der Waals surface area contributed by atoms with Gasteiger partial charge in [-0.25, -0.2) is 4.98 Å². The first-order chi connectivity index (χ1) is 23.1. The fourth-order valence-electron chi connectivity index (χ4n) is 6.50. The smallest absolute Gasteiger partial charge is 0.271 e. The van der Waals surface area contributed by atoms with Crippen molar-refractivity contribution >= 4 is 16.9 Å². The summed E-state index contributed by atoms with van der Waals surface area (Å²) in [7, 11) is 0. The first kappa shape index (κ1) is 31.1. The van der Waals surface area contributed by atoms with Crippen molar-refractivity contribution in [3.63, 3.8) is 0 Å². The molecule has 240 valence electrons. The van der Waals surface area contributed by atoms with Crippen molar-refractivity contribution in [1.29, 1.82) is 0 Å². The maximum Gasteiger partial charge on any atom is 0.271 e. The van der Waals surface area contributed by atoms with Crippen LogP contribution in [0.1, 0.15) is 70.8 Å². The standard InChI is InChI=1S/C39H40N4O4/c44-26-27-11-13-30(14-12-27)37-22-33(25-43-19-4-1-5-20-43)46-39(47-37)31-17-15-29(16-18-31)32-8-6-7-28(21-32)23-41-38(45)36-24-40-34-9-2-3-10-35(34)42-36/h2-3,6-18,21,24,33,37,39,44H,1,4-5,19-20,22-23,25-26H2,(H,41,45). The number of aromatic nitrogens is 2. The Morgan fingerprint density at radius 2 is 1.57 bits per heavy atom. The fraction of sp³-hybridized carbons (Fsp3) is 0.308. The minimum atomic E-state index is -0.477. The number of likely N-dealkylation sites (tertiary alicyclic amines) is 1. The molecule has 3 unspecified atom stereocenters. The summed E-state index contributed by atoms with van der Waals surface area (Å²) in [4.78, 5) is 24.2. The van der Waals surface area contributed by atoms with E-state index in [1.165, 1.54) is 25.5 Å². The predicted octanol–water partition coefficient (Wildman–Crippen LogP) is 6.75. The molecule has 7 rings (SSSR count). The number of benzene rings is 4. The van der Waals surface area contributed by atoms with Crippen molar-refractivity contribution < 1.29 is 19.4 Å². The molecule has 4 aromatic carbocycles. The second-order valence-electron chi connectivity index (χ2n) is 12.5. The minimum absolute atomic E-state index is 0.0273. The number of fused-ring (bicyclic) bond motifs is 1. The molecule has 0 bridgehead atoms. The number of rotatable bonds is 9. The lowest BCUT2D eigenvalue weighted by Gasteiger charge is -2.39. The van der Waals surface area contributed by atoms with Crippen LogP contribution in [-0.2, 0) is 22.6 Å². The van der Waals surface area contributed by atoms with Crippen LogP contribution < -0.4 is 5.32 Å². The van der Waals surface area contributed by atoms with Crippen molar-refractivity contribution in [2.75, 3.05) is 19.6 Å². The third kappa shape index (κ3) is 7.58. The van der Waals surface area contributed by atoms with Crippen molar-refractivity contribution in [2.45, 2.75) is 57.3 Å². The fourth-order valence-corrected chi connectivity index (χ4v) is 6.50. The molecule has 0 radical (unpaired) electrons. The highest BCUT2D eigenvalue weighted by atomic mass is 16.7. The number of piperidine rings is 1. The molecule has 2 aliphatic heterocycles. The SMILES string of the molecule is O=C(NCc1cccc(-c2ccc(C3OC(CN4CCCCC4)CC(c4ccc(CO)cc4)O3)cc2)c1)c1cnc2ccccc2n1. The molecule has 0 saturated carbocycles. The summed E-state index contributed by atoms with van der Waals surface area (Å²) in [5.41, 5.74) is 7.84. The van der Waals surface area contributed by atoms with Crippen molar-refractivity contribution in [3.8, 4) is 11.1 Å². The van der Waals surface area contributed by atoms with Gasteiger partial charge in [-0.05, 0) is 71.9 Å². The Balaban J connectivity index is 1.03. The van der Waals surface area contributed by atoms with Gasteiger partial charge in [-0.15, -0.1) is 0 Å². The van der Waals surface area contributed by atoms with Crippen LogP contribution in [0.3, 0.4) is 0 Å². The molecule has 2 saturated heterocycles. The maximum absolute atomic E-state index is 12.8. The number of aliphatic hydroxyl groups excluding tert-OH is 1. The van der Waals surface area contributed by atoms with E-state index in [0.29, 0.717) is 17.8 Å². The van der Waals surface area contributed by atoms with Crippen LogP contribution in [-0.4, -0.2) is 51.6 Å². The Labute approximate surface area is 275 Å². The second kappa shape index (κ2) is 14.5. The van der Waals surface area contributed by atoms with Crippen molar-refractivity contribution in [1.82, 2.24) is 20.2 Å². The van der Waals surface area contributed by atoms with Crippen LogP contribution in [0.2, 0.25) is 0 Å². The molecule has 2 fully saturated rings. The number of carbonyl (C=O) groups is 1. The lowest BCUT2D eigenvalue weighted by molar-refractivity contribution is -0.253. The molecule has 1 aromatic heterocycles. The second-order valence-corrected chi connectivity index (χ2v) is 12.5. The lowest BCUT2D eigenvalue weighted by Crippen LogP contribution is -2.41. The number of hydrogen-bond acceptors (Lipinski definition) is 7. The number of amides is 1. The van der Waals surface area contributed by atoms with Crippen molar-refractivity contribution in [3.05, 3.63) is 131 Å². The molecule has 2 N–H and O–H groups in total. The molecule has 5 aromatic rings. The normalized spacial score (nSPS) is 20.2. The average molecular weight is 629 g/mol. The topological polar surface area (TPSA) is 96.8 Å². The van der Waals surface area contributed by atoms with Gasteiger partial charge in [0.2, 0.25) is 0 Å². The van der Waals surface area contributed by atoms with E-state index < -0.39 is 6.29 Å². The van der Waals surface area contributed by atoms with E-state index in [-0.39, 0.29) is 24.7 Å². The first-order valence-corrected chi connectivity index (χ1v) is 16.5. The van der Waals surface area contributed by atoms with E-state index in [4.69, 9.17) is 9.47 Å². The van der Waals surface area contributed by atoms with Gasteiger partial charge in [-0.2, -0.15) is 0 Å². The van der Waals surface area contributed by atoms with Gasteiger partial charge in [-0.1, -0.05) is 85.3 Å². The molecule has 47 heavy (non-hydrogen) atoms. The first-order valence-electron chi connectivity index (χ1n) is 16.5. The van der Waals surface area contributed by atoms with Gasteiger partial charge in [0, 0.05) is 25.1 Å². The monoisotopic (exact) mass is 628 g/mol. The number of nitrogens with one attached hydrogen (secondary N) is 1. The Morgan fingerprint density at radius 3 is 2.36 bits per heavy atom. The largest absolute Gasteiger partial charge is 0.392 e. The highest BCUT2D eigenvalue weighted by Crippen LogP contribution is 2.39.